The van der Waals surface area contributed by atoms with Gasteiger partial charge < -0.3 is 0 Å². The van der Waals surface area contributed by atoms with E-state index in [0.717, 1.165) is 21.5 Å². The molecule has 0 atom stereocenters. The van der Waals surface area contributed by atoms with Crippen LogP contribution in [0.15, 0.2) is 35.7 Å². The summed E-state index contributed by atoms with van der Waals surface area (Å²) >= 11 is 7.55. The molecule has 0 N–H and O–H groups in total. The molecule has 7 heteroatoms. The lowest BCUT2D eigenvalue weighted by atomic mass is 10.1. The normalized spacial score (nSPS) is 11.4. The Morgan fingerprint density at radius 1 is 1.25 bits per heavy atom. The minimum absolute atomic E-state index is 0.00957. The Bertz CT molecular complexity index is 957. The zero-order valence-electron chi connectivity index (χ0n) is 13.2. The fourth-order valence-corrected chi connectivity index (χ4v) is 3.42. The molecule has 2 heterocycles. The molecule has 5 nitrogen and oxygen atoms in total. The lowest BCUT2D eigenvalue weighted by Gasteiger charge is -2.23. The van der Waals surface area contributed by atoms with Gasteiger partial charge in [-0.1, -0.05) is 12.1 Å². The molecular weight excluding hydrogens is 344 g/mol. The molecule has 0 saturated carbocycles. The van der Waals surface area contributed by atoms with Crippen LogP contribution in [-0.4, -0.2) is 41.0 Å². The summed E-state index contributed by atoms with van der Waals surface area (Å²) < 4.78 is 0.948. The molecular formula is C17H14ClN4OS+. The van der Waals surface area contributed by atoms with Gasteiger partial charge >= 0.3 is 5.91 Å². The van der Waals surface area contributed by atoms with Gasteiger partial charge in [0.2, 0.25) is 5.28 Å². The monoisotopic (exact) mass is 357 g/mol. The highest BCUT2D eigenvalue weighted by atomic mass is 35.5. The third kappa shape index (κ3) is 3.02. The SMILES string of the molecule is C[N+](C)(CC#N)C(=O)c1ccc(-c2nc(Cl)nc3ccsc23)cc1. The number of hydrogen-bond donors (Lipinski definition) is 0. The van der Waals surface area contributed by atoms with Crippen molar-refractivity contribution in [3.05, 3.63) is 46.6 Å². The smallest absolute Gasteiger partial charge is 0.249 e. The van der Waals surface area contributed by atoms with E-state index in [9.17, 15) is 4.79 Å². The molecule has 0 radical (unpaired) electrons. The van der Waals surface area contributed by atoms with E-state index < -0.39 is 0 Å². The molecule has 1 amide bonds. The number of nitrogens with zero attached hydrogens (tertiary/aromatic N) is 4. The number of quaternary nitrogens is 1. The van der Waals surface area contributed by atoms with E-state index in [1.165, 1.54) is 0 Å². The van der Waals surface area contributed by atoms with Crippen LogP contribution in [0, 0.1) is 11.3 Å². The molecule has 0 bridgehead atoms. The van der Waals surface area contributed by atoms with Crippen molar-refractivity contribution in [1.82, 2.24) is 9.97 Å². The summed E-state index contributed by atoms with van der Waals surface area (Å²) in [7, 11) is 3.44. The van der Waals surface area contributed by atoms with E-state index in [2.05, 4.69) is 9.97 Å². The van der Waals surface area contributed by atoms with Crippen LogP contribution in [0.5, 0.6) is 0 Å². The number of benzene rings is 1. The van der Waals surface area contributed by atoms with Crippen LogP contribution in [0.1, 0.15) is 10.4 Å². The number of halogens is 1. The summed E-state index contributed by atoms with van der Waals surface area (Å²) in [6, 6.07) is 11.1. The Morgan fingerprint density at radius 2 is 1.96 bits per heavy atom. The molecule has 0 fully saturated rings. The second kappa shape index (κ2) is 6.29. The third-order valence-electron chi connectivity index (χ3n) is 3.70. The number of hydrogen-bond acceptors (Lipinski definition) is 5. The predicted octanol–water partition coefficient (Wildman–Crippen LogP) is 3.75. The van der Waals surface area contributed by atoms with Crippen LogP contribution in [0.4, 0.5) is 0 Å². The van der Waals surface area contributed by atoms with Crippen LogP contribution in [0.25, 0.3) is 21.5 Å². The van der Waals surface area contributed by atoms with Crippen molar-refractivity contribution in [3.8, 4) is 17.3 Å². The van der Waals surface area contributed by atoms with E-state index in [1.54, 1.807) is 37.6 Å². The topological polar surface area (TPSA) is 66.6 Å². The van der Waals surface area contributed by atoms with E-state index in [4.69, 9.17) is 16.9 Å². The van der Waals surface area contributed by atoms with Crippen LogP contribution in [-0.2, 0) is 0 Å². The van der Waals surface area contributed by atoms with Gasteiger partial charge in [0.1, 0.15) is 6.07 Å². The standard InChI is InChI=1S/C17H14ClN4OS/c1-22(2,9-8-19)16(23)12-5-3-11(4-6-12)14-15-13(7-10-24-15)20-17(18)21-14/h3-7,10H,9H2,1-2H3/q+1. The van der Waals surface area contributed by atoms with Gasteiger partial charge in [-0.05, 0) is 35.2 Å². The number of fused-ring (bicyclic) bond motifs is 1. The first-order chi connectivity index (χ1) is 11.4. The Morgan fingerprint density at radius 3 is 2.62 bits per heavy atom. The van der Waals surface area contributed by atoms with Crippen LogP contribution < -0.4 is 0 Å². The predicted molar refractivity (Wildman–Crippen MR) is 94.8 cm³/mol. The van der Waals surface area contributed by atoms with Gasteiger partial charge in [-0.3, -0.25) is 0 Å². The molecule has 120 valence electrons. The van der Waals surface area contributed by atoms with Gasteiger partial charge in [0.25, 0.3) is 0 Å². The van der Waals surface area contributed by atoms with Crippen molar-refractivity contribution < 1.29 is 9.28 Å². The van der Waals surface area contributed by atoms with Crippen molar-refractivity contribution in [2.45, 2.75) is 0 Å². The van der Waals surface area contributed by atoms with Crippen molar-refractivity contribution >= 4 is 39.1 Å². The minimum Gasteiger partial charge on any atom is -0.249 e. The Kier molecular flexibility index (Phi) is 4.33. The fraction of sp³-hybridized carbons (Fsp3) is 0.176. The Balaban J connectivity index is 1.99. The molecule has 0 saturated heterocycles. The number of nitriles is 1. The maximum atomic E-state index is 12.5. The highest BCUT2D eigenvalue weighted by Crippen LogP contribution is 2.31. The first-order valence-electron chi connectivity index (χ1n) is 7.18. The summed E-state index contributed by atoms with van der Waals surface area (Å²) in [6.07, 6.45) is 0. The van der Waals surface area contributed by atoms with E-state index in [-0.39, 0.29) is 22.2 Å². The second-order valence-corrected chi connectivity index (χ2v) is 7.11. The van der Waals surface area contributed by atoms with E-state index >= 15 is 0 Å². The summed E-state index contributed by atoms with van der Waals surface area (Å²) in [5.74, 6) is -0.106. The lowest BCUT2D eigenvalue weighted by molar-refractivity contribution is -0.799. The van der Waals surface area contributed by atoms with Gasteiger partial charge in [0.15, 0.2) is 6.54 Å². The van der Waals surface area contributed by atoms with Crippen LogP contribution in [0.2, 0.25) is 5.28 Å². The number of rotatable bonds is 3. The van der Waals surface area contributed by atoms with Gasteiger partial charge in [-0.2, -0.15) is 5.26 Å². The van der Waals surface area contributed by atoms with Gasteiger partial charge in [0.05, 0.1) is 35.6 Å². The average Bonchev–Trinajstić information content (AvgIpc) is 3.01. The number of thiophene rings is 1. The second-order valence-electron chi connectivity index (χ2n) is 5.86. The first-order valence-corrected chi connectivity index (χ1v) is 8.44. The molecule has 3 rings (SSSR count). The first kappa shape index (κ1) is 16.5. The minimum atomic E-state index is -0.106. The molecule has 24 heavy (non-hydrogen) atoms. The summed E-state index contributed by atoms with van der Waals surface area (Å²) in [5.41, 5.74) is 2.99. The fourth-order valence-electron chi connectivity index (χ4n) is 2.40. The zero-order valence-corrected chi connectivity index (χ0v) is 14.7. The lowest BCUT2D eigenvalue weighted by Crippen LogP contribution is -2.45. The van der Waals surface area contributed by atoms with Crippen molar-refractivity contribution in [1.29, 1.82) is 5.26 Å². The highest BCUT2D eigenvalue weighted by molar-refractivity contribution is 7.17. The molecule has 3 aromatic rings. The summed E-state index contributed by atoms with van der Waals surface area (Å²) in [6.45, 7) is 0.123. The molecule has 2 aromatic heterocycles. The number of aromatic nitrogens is 2. The number of amides is 1. The van der Waals surface area contributed by atoms with Crippen LogP contribution in [0.3, 0.4) is 0 Å². The quantitative estimate of drug-likeness (QED) is 0.406. The van der Waals surface area contributed by atoms with Crippen molar-refractivity contribution in [3.63, 3.8) is 0 Å². The van der Waals surface area contributed by atoms with Crippen molar-refractivity contribution in [2.24, 2.45) is 0 Å². The van der Waals surface area contributed by atoms with Gasteiger partial charge in [-0.15, -0.1) is 11.3 Å². The summed E-state index contributed by atoms with van der Waals surface area (Å²) in [5, 5.41) is 11.0. The van der Waals surface area contributed by atoms with E-state index in [0.29, 0.717) is 5.56 Å². The largest absolute Gasteiger partial charge is 0.346 e. The van der Waals surface area contributed by atoms with Crippen LogP contribution >= 0.6 is 22.9 Å². The maximum absolute atomic E-state index is 12.5. The Hall–Kier alpha value is -2.33. The molecule has 0 aliphatic rings. The maximum Gasteiger partial charge on any atom is 0.346 e. The van der Waals surface area contributed by atoms with Crippen molar-refractivity contribution in [2.75, 3.05) is 20.6 Å². The molecule has 0 spiro atoms. The highest BCUT2D eigenvalue weighted by Gasteiger charge is 2.27. The number of carbonyl (C=O) groups is 1. The third-order valence-corrected chi connectivity index (χ3v) is 4.78. The number of carbonyl (C=O) groups excluding carboxylic acids is 1. The Labute approximate surface area is 148 Å². The molecule has 0 aliphatic carbocycles. The van der Waals surface area contributed by atoms with E-state index in [1.807, 2.05) is 29.6 Å². The average molecular weight is 358 g/mol. The summed E-state index contributed by atoms with van der Waals surface area (Å²) in [4.78, 5) is 21.0. The molecule has 1 aromatic carbocycles. The molecule has 0 aliphatic heterocycles. The molecule has 0 unspecified atom stereocenters. The van der Waals surface area contributed by atoms with Gasteiger partial charge in [0, 0.05) is 5.56 Å². The van der Waals surface area contributed by atoms with Gasteiger partial charge in [-0.25, -0.2) is 19.2 Å². The zero-order chi connectivity index (χ0) is 17.3.